The van der Waals surface area contributed by atoms with Crippen molar-refractivity contribution >= 4 is 33.8 Å². The molecule has 0 atom stereocenters. The van der Waals surface area contributed by atoms with Crippen LogP contribution < -0.4 is 22.1 Å². The Hall–Kier alpha value is -1.80. The normalized spacial score (nSPS) is 10.6. The van der Waals surface area contributed by atoms with Crippen LogP contribution in [0.1, 0.15) is 27.0 Å². The Labute approximate surface area is 122 Å². The number of nitrogens with one attached hydrogen (secondary N) is 2. The predicted molar refractivity (Wildman–Crippen MR) is 82.3 cm³/mol. The van der Waals surface area contributed by atoms with Gasteiger partial charge in [-0.3, -0.25) is 9.59 Å². The minimum atomic E-state index is -0.637. The summed E-state index contributed by atoms with van der Waals surface area (Å²) in [5, 5.41) is 6.30. The minimum Gasteiger partial charge on any atom is -0.397 e. The van der Waals surface area contributed by atoms with Crippen molar-refractivity contribution in [2.75, 3.05) is 44.8 Å². The molecule has 0 aliphatic rings. The molecule has 1 aromatic heterocycles. The SMILES string of the molecule is CCNC(=O)c1sc(NCCN(C)C)c(C(N)=O)c1N. The number of nitrogens with zero attached hydrogens (tertiary/aromatic N) is 1. The minimum absolute atomic E-state index is 0.140. The fourth-order valence-electron chi connectivity index (χ4n) is 1.62. The number of carbonyl (C=O) groups excluding carboxylic acids is 2. The van der Waals surface area contributed by atoms with Crippen LogP contribution in [0.5, 0.6) is 0 Å². The van der Waals surface area contributed by atoms with E-state index >= 15 is 0 Å². The number of primary amides is 1. The highest BCUT2D eigenvalue weighted by molar-refractivity contribution is 7.19. The molecule has 1 rings (SSSR count). The third kappa shape index (κ3) is 3.84. The van der Waals surface area contributed by atoms with E-state index in [0.717, 1.165) is 17.9 Å². The zero-order chi connectivity index (χ0) is 15.3. The molecular formula is C12H21N5O2S. The summed E-state index contributed by atoms with van der Waals surface area (Å²) in [6.07, 6.45) is 0. The molecule has 8 heteroatoms. The summed E-state index contributed by atoms with van der Waals surface area (Å²) in [5.74, 6) is -0.931. The van der Waals surface area contributed by atoms with E-state index in [4.69, 9.17) is 11.5 Å². The number of carbonyl (C=O) groups is 2. The summed E-state index contributed by atoms with van der Waals surface area (Å²) in [5.41, 5.74) is 11.5. The molecule has 0 aliphatic carbocycles. The van der Waals surface area contributed by atoms with Gasteiger partial charge in [-0.25, -0.2) is 0 Å². The van der Waals surface area contributed by atoms with Crippen molar-refractivity contribution in [3.8, 4) is 0 Å². The number of rotatable bonds is 7. The van der Waals surface area contributed by atoms with Crippen molar-refractivity contribution in [3.05, 3.63) is 10.4 Å². The van der Waals surface area contributed by atoms with Gasteiger partial charge in [-0.1, -0.05) is 0 Å². The highest BCUT2D eigenvalue weighted by Crippen LogP contribution is 2.35. The van der Waals surface area contributed by atoms with Crippen molar-refractivity contribution < 1.29 is 9.59 Å². The molecule has 6 N–H and O–H groups in total. The van der Waals surface area contributed by atoms with Gasteiger partial charge in [0.1, 0.15) is 9.88 Å². The number of anilines is 2. The van der Waals surface area contributed by atoms with Crippen LogP contribution in [0.3, 0.4) is 0 Å². The third-order valence-corrected chi connectivity index (χ3v) is 3.74. The van der Waals surface area contributed by atoms with Crippen molar-refractivity contribution in [2.45, 2.75) is 6.92 Å². The van der Waals surface area contributed by atoms with Crippen molar-refractivity contribution in [1.82, 2.24) is 10.2 Å². The van der Waals surface area contributed by atoms with Gasteiger partial charge in [0.25, 0.3) is 11.8 Å². The van der Waals surface area contributed by atoms with E-state index in [9.17, 15) is 9.59 Å². The lowest BCUT2D eigenvalue weighted by atomic mass is 10.2. The van der Waals surface area contributed by atoms with Crippen LogP contribution in [-0.2, 0) is 0 Å². The molecule has 7 nitrogen and oxygen atoms in total. The number of likely N-dealkylation sites (N-methyl/N-ethyl adjacent to an activating group) is 1. The van der Waals surface area contributed by atoms with Gasteiger partial charge in [0, 0.05) is 19.6 Å². The van der Waals surface area contributed by atoms with Gasteiger partial charge in [0.05, 0.1) is 11.3 Å². The maximum absolute atomic E-state index is 11.9. The van der Waals surface area contributed by atoms with Crippen LogP contribution in [0.2, 0.25) is 0 Å². The van der Waals surface area contributed by atoms with Crippen LogP contribution in [0.4, 0.5) is 10.7 Å². The zero-order valence-electron chi connectivity index (χ0n) is 11.9. The maximum atomic E-state index is 11.9. The lowest BCUT2D eigenvalue weighted by molar-refractivity contribution is 0.0960. The van der Waals surface area contributed by atoms with E-state index < -0.39 is 5.91 Å². The van der Waals surface area contributed by atoms with E-state index in [1.54, 1.807) is 0 Å². The first kappa shape index (κ1) is 16.3. The van der Waals surface area contributed by atoms with Crippen molar-refractivity contribution in [1.29, 1.82) is 0 Å². The Morgan fingerprint density at radius 3 is 2.50 bits per heavy atom. The molecule has 2 amide bonds. The molecule has 0 aliphatic heterocycles. The average molecular weight is 299 g/mol. The summed E-state index contributed by atoms with van der Waals surface area (Å²) in [7, 11) is 3.89. The van der Waals surface area contributed by atoms with Crippen LogP contribution >= 0.6 is 11.3 Å². The molecule has 0 saturated carbocycles. The van der Waals surface area contributed by atoms with E-state index in [0.29, 0.717) is 23.0 Å². The number of nitrogen functional groups attached to an aromatic ring is 1. The molecule has 0 unspecified atom stereocenters. The van der Waals surface area contributed by atoms with E-state index in [1.807, 2.05) is 25.9 Å². The molecule has 0 bridgehead atoms. The summed E-state index contributed by atoms with van der Waals surface area (Å²) in [6.45, 7) is 3.72. The quantitative estimate of drug-likeness (QED) is 0.572. The fraction of sp³-hybridized carbons (Fsp3) is 0.500. The molecule has 1 aromatic rings. The molecule has 20 heavy (non-hydrogen) atoms. The molecule has 0 fully saturated rings. The first-order chi connectivity index (χ1) is 9.38. The first-order valence-corrected chi connectivity index (χ1v) is 7.09. The molecular weight excluding hydrogens is 278 g/mol. The second-order valence-electron chi connectivity index (χ2n) is 4.50. The summed E-state index contributed by atoms with van der Waals surface area (Å²) >= 11 is 1.15. The molecule has 1 heterocycles. The largest absolute Gasteiger partial charge is 0.397 e. The van der Waals surface area contributed by atoms with Gasteiger partial charge in [0.15, 0.2) is 0 Å². The Morgan fingerprint density at radius 1 is 1.35 bits per heavy atom. The third-order valence-electron chi connectivity index (χ3n) is 2.58. The molecule has 0 aromatic carbocycles. The predicted octanol–water partition coefficient (Wildman–Crippen LogP) is 0.152. The molecule has 0 radical (unpaired) electrons. The van der Waals surface area contributed by atoms with Gasteiger partial charge in [-0.2, -0.15) is 0 Å². The van der Waals surface area contributed by atoms with E-state index in [1.165, 1.54) is 0 Å². The monoisotopic (exact) mass is 299 g/mol. The molecule has 0 spiro atoms. The Morgan fingerprint density at radius 2 is 2.00 bits per heavy atom. The van der Waals surface area contributed by atoms with Crippen LogP contribution in [0.25, 0.3) is 0 Å². The highest BCUT2D eigenvalue weighted by Gasteiger charge is 2.23. The number of hydrogen-bond acceptors (Lipinski definition) is 6. The molecule has 112 valence electrons. The topological polar surface area (TPSA) is 113 Å². The smallest absolute Gasteiger partial charge is 0.263 e. The zero-order valence-corrected chi connectivity index (χ0v) is 12.8. The average Bonchev–Trinajstić information content (AvgIpc) is 2.66. The number of amides is 2. The van der Waals surface area contributed by atoms with Gasteiger partial charge in [-0.05, 0) is 21.0 Å². The maximum Gasteiger partial charge on any atom is 0.263 e. The summed E-state index contributed by atoms with van der Waals surface area (Å²) in [6, 6.07) is 0. The Kier molecular flexibility index (Phi) is 5.78. The Bertz CT molecular complexity index is 498. The second kappa shape index (κ2) is 7.11. The van der Waals surface area contributed by atoms with Gasteiger partial charge in [0.2, 0.25) is 0 Å². The first-order valence-electron chi connectivity index (χ1n) is 6.27. The number of thiophene rings is 1. The van der Waals surface area contributed by atoms with Gasteiger partial charge in [-0.15, -0.1) is 11.3 Å². The molecule has 0 saturated heterocycles. The van der Waals surface area contributed by atoms with Crippen LogP contribution in [0.15, 0.2) is 0 Å². The lowest BCUT2D eigenvalue weighted by Crippen LogP contribution is -2.23. The van der Waals surface area contributed by atoms with Crippen molar-refractivity contribution in [2.24, 2.45) is 5.73 Å². The summed E-state index contributed by atoms with van der Waals surface area (Å²) < 4.78 is 0. The van der Waals surface area contributed by atoms with Gasteiger partial charge >= 0.3 is 0 Å². The Balaban J connectivity index is 3.00. The van der Waals surface area contributed by atoms with Crippen molar-refractivity contribution in [3.63, 3.8) is 0 Å². The van der Waals surface area contributed by atoms with E-state index in [-0.39, 0.29) is 17.2 Å². The highest BCUT2D eigenvalue weighted by atomic mass is 32.1. The van der Waals surface area contributed by atoms with Gasteiger partial charge < -0.3 is 27.0 Å². The van der Waals surface area contributed by atoms with Crippen LogP contribution in [-0.4, -0.2) is 50.4 Å². The lowest BCUT2D eigenvalue weighted by Gasteiger charge is -2.10. The summed E-state index contributed by atoms with van der Waals surface area (Å²) in [4.78, 5) is 25.7. The van der Waals surface area contributed by atoms with E-state index in [2.05, 4.69) is 10.6 Å². The second-order valence-corrected chi connectivity index (χ2v) is 5.52. The van der Waals surface area contributed by atoms with Crippen LogP contribution in [0, 0.1) is 0 Å². The standard InChI is InChI=1S/C12H21N5O2S/c1-4-15-11(19)9-8(13)7(10(14)18)12(20-9)16-5-6-17(2)3/h16H,4-6,13H2,1-3H3,(H2,14,18)(H,15,19). The number of hydrogen-bond donors (Lipinski definition) is 4. The fourth-order valence-corrected chi connectivity index (χ4v) is 2.68. The number of nitrogens with two attached hydrogens (primary N) is 2.